The SMILES string of the molecule is CC(=O)O.[C-]#[N+]c1c(C(C)(C)C)n[n-]c1N=Nc1c(C(C)(C)C)nn2nc(C)[n-]c12.[Zn+2]. The number of rotatable bonds is 2. The molecule has 0 spiro atoms. The van der Waals surface area contributed by atoms with E-state index >= 15 is 0 Å². The Bertz CT molecular complexity index is 1130. The first kappa shape index (κ1) is 26.1. The van der Waals surface area contributed by atoms with E-state index in [1.807, 2.05) is 41.5 Å². The number of carbonyl (C=O) groups is 1. The Morgan fingerprint density at radius 1 is 1.10 bits per heavy atom. The summed E-state index contributed by atoms with van der Waals surface area (Å²) in [4.78, 5) is 16.9. The van der Waals surface area contributed by atoms with Crippen LogP contribution in [0.25, 0.3) is 10.5 Å². The minimum Gasteiger partial charge on any atom is -0.481 e. The Hall–Kier alpha value is -2.93. The number of hydrogen-bond acceptors (Lipinski definition) is 6. The van der Waals surface area contributed by atoms with Gasteiger partial charge in [0.05, 0.1) is 29.3 Å². The fourth-order valence-electron chi connectivity index (χ4n) is 2.54. The Labute approximate surface area is 193 Å². The molecule has 0 aliphatic heterocycles. The van der Waals surface area contributed by atoms with Crippen molar-refractivity contribution >= 4 is 28.8 Å². The Kier molecular flexibility index (Phi) is 7.98. The topological polar surface area (TPSA) is 138 Å². The molecule has 0 aliphatic rings. The van der Waals surface area contributed by atoms with E-state index in [1.165, 1.54) is 4.63 Å². The molecule has 0 atom stereocenters. The van der Waals surface area contributed by atoms with Crippen LogP contribution in [0.1, 0.15) is 65.7 Å². The fourth-order valence-corrected chi connectivity index (χ4v) is 2.54. The van der Waals surface area contributed by atoms with Gasteiger partial charge in [-0.2, -0.15) is 0 Å². The molecule has 0 unspecified atom stereocenters. The van der Waals surface area contributed by atoms with Gasteiger partial charge < -0.3 is 25.4 Å². The van der Waals surface area contributed by atoms with E-state index in [2.05, 4.69) is 40.5 Å². The van der Waals surface area contributed by atoms with Crippen LogP contribution in [-0.2, 0) is 35.1 Å². The molecule has 1 N–H and O–H groups in total. The number of aryl methyl sites for hydroxylation is 1. The van der Waals surface area contributed by atoms with Gasteiger partial charge in [-0.15, -0.1) is 0 Å². The van der Waals surface area contributed by atoms with Crippen molar-refractivity contribution in [2.24, 2.45) is 10.2 Å². The van der Waals surface area contributed by atoms with Crippen LogP contribution in [0.4, 0.5) is 17.2 Å². The molecule has 0 aliphatic carbocycles. The van der Waals surface area contributed by atoms with Crippen molar-refractivity contribution in [2.75, 3.05) is 0 Å². The van der Waals surface area contributed by atoms with Crippen LogP contribution in [0, 0.1) is 13.5 Å². The molecule has 3 aromatic rings. The summed E-state index contributed by atoms with van der Waals surface area (Å²) in [7, 11) is 0. The van der Waals surface area contributed by atoms with Gasteiger partial charge in [-0.3, -0.25) is 19.6 Å². The number of aliphatic carboxylic acids is 1. The molecule has 3 heterocycles. The first-order valence-corrected chi connectivity index (χ1v) is 9.19. The van der Waals surface area contributed by atoms with Gasteiger partial charge in [0.25, 0.3) is 5.97 Å². The summed E-state index contributed by atoms with van der Waals surface area (Å²) in [6.45, 7) is 22.4. The van der Waals surface area contributed by atoms with Gasteiger partial charge in [-0.25, -0.2) is 9.94 Å². The second-order valence-electron chi connectivity index (χ2n) is 8.72. The van der Waals surface area contributed by atoms with E-state index in [0.29, 0.717) is 28.5 Å². The number of hydrogen-bond donors (Lipinski definition) is 1. The third-order valence-corrected chi connectivity index (χ3v) is 3.79. The van der Waals surface area contributed by atoms with Gasteiger partial charge in [-0.05, 0) is 24.0 Å². The van der Waals surface area contributed by atoms with Crippen LogP contribution >= 0.6 is 0 Å². The van der Waals surface area contributed by atoms with E-state index in [0.717, 1.165) is 12.6 Å². The molecule has 0 fully saturated rings. The average Bonchev–Trinajstić information content (AvgIpc) is 3.22. The second kappa shape index (κ2) is 9.48. The molecule has 0 saturated heterocycles. The summed E-state index contributed by atoms with van der Waals surface area (Å²) < 4.78 is 1.47. The molecule has 3 aromatic heterocycles. The zero-order valence-corrected chi connectivity index (χ0v) is 22.1. The Balaban J connectivity index is 0.000000885. The van der Waals surface area contributed by atoms with E-state index in [4.69, 9.17) is 16.5 Å². The van der Waals surface area contributed by atoms with Crippen LogP contribution < -0.4 is 10.1 Å². The third-order valence-electron chi connectivity index (χ3n) is 3.79. The van der Waals surface area contributed by atoms with Crippen molar-refractivity contribution < 1.29 is 29.4 Å². The monoisotopic (exact) mass is 475 g/mol. The maximum atomic E-state index is 9.00. The van der Waals surface area contributed by atoms with Gasteiger partial charge in [0.2, 0.25) is 5.69 Å². The Morgan fingerprint density at radius 2 is 1.65 bits per heavy atom. The van der Waals surface area contributed by atoms with Crippen molar-refractivity contribution in [3.63, 3.8) is 0 Å². The molecule has 0 bridgehead atoms. The second-order valence-corrected chi connectivity index (χ2v) is 8.72. The van der Waals surface area contributed by atoms with Crippen molar-refractivity contribution in [3.05, 3.63) is 28.6 Å². The predicted molar refractivity (Wildman–Crippen MR) is 110 cm³/mol. The summed E-state index contributed by atoms with van der Waals surface area (Å²) in [5.41, 5.74) is 2.19. The summed E-state index contributed by atoms with van der Waals surface area (Å²) in [6.07, 6.45) is 0. The van der Waals surface area contributed by atoms with Crippen molar-refractivity contribution in [3.8, 4) is 0 Å². The molecular formula is C19H25N9O2Zn. The number of carboxylic acid groups (broad SMARTS) is 1. The molecule has 11 nitrogen and oxygen atoms in total. The van der Waals surface area contributed by atoms with E-state index < -0.39 is 5.97 Å². The van der Waals surface area contributed by atoms with Crippen LogP contribution in [0.3, 0.4) is 0 Å². The van der Waals surface area contributed by atoms with Crippen LogP contribution in [0.5, 0.6) is 0 Å². The van der Waals surface area contributed by atoms with Gasteiger partial charge in [-0.1, -0.05) is 41.5 Å². The molecule has 0 radical (unpaired) electrons. The fraction of sp³-hybridized carbons (Fsp3) is 0.526. The molecule has 160 valence electrons. The zero-order chi connectivity index (χ0) is 22.9. The maximum Gasteiger partial charge on any atom is 2.00 e. The number of fused-ring (bicyclic) bond motifs is 1. The largest absolute Gasteiger partial charge is 2.00 e. The quantitative estimate of drug-likeness (QED) is 0.335. The maximum absolute atomic E-state index is 9.00. The van der Waals surface area contributed by atoms with Crippen molar-refractivity contribution in [1.29, 1.82) is 0 Å². The standard InChI is InChI=1S/C17H21N9.C2H4O2.Zn/c1-9-19-15-11(13(17(5,6)7)25-26(15)24-9)20-22-14-10(18-8)12(21-23-14)16(2,3)4;1-2(3)4;/h1-7H3;1H3,(H,3,4);/q-2;;+2. The normalized spacial score (nSPS) is 11.7. The molecule has 31 heavy (non-hydrogen) atoms. The predicted octanol–water partition coefficient (Wildman–Crippen LogP) is 4.00. The first-order valence-electron chi connectivity index (χ1n) is 9.19. The summed E-state index contributed by atoms with van der Waals surface area (Å²) >= 11 is 0. The van der Waals surface area contributed by atoms with Gasteiger partial charge in [0.15, 0.2) is 0 Å². The van der Waals surface area contributed by atoms with Gasteiger partial charge in [0.1, 0.15) is 0 Å². The summed E-state index contributed by atoms with van der Waals surface area (Å²) in [6, 6.07) is 0. The molecule has 12 heteroatoms. The van der Waals surface area contributed by atoms with E-state index in [-0.39, 0.29) is 36.1 Å². The van der Waals surface area contributed by atoms with Crippen molar-refractivity contribution in [2.45, 2.75) is 66.2 Å². The number of azo groups is 1. The van der Waals surface area contributed by atoms with Crippen LogP contribution in [0.2, 0.25) is 0 Å². The number of aromatic nitrogens is 6. The van der Waals surface area contributed by atoms with E-state index in [9.17, 15) is 0 Å². The van der Waals surface area contributed by atoms with Crippen LogP contribution in [-0.4, -0.2) is 31.0 Å². The first-order chi connectivity index (χ1) is 13.8. The molecular weight excluding hydrogens is 452 g/mol. The van der Waals surface area contributed by atoms with Crippen molar-refractivity contribution in [1.82, 2.24) is 30.0 Å². The number of carboxylic acids is 1. The van der Waals surface area contributed by atoms with E-state index in [1.54, 1.807) is 6.92 Å². The minimum atomic E-state index is -0.833. The van der Waals surface area contributed by atoms with Crippen LogP contribution in [0.15, 0.2) is 10.2 Å². The molecule has 0 amide bonds. The molecule has 0 saturated carbocycles. The summed E-state index contributed by atoms with van der Waals surface area (Å²) in [5, 5.41) is 32.9. The molecule has 0 aromatic carbocycles. The average molecular weight is 477 g/mol. The third kappa shape index (κ3) is 6.04. The zero-order valence-electron chi connectivity index (χ0n) is 19.1. The smallest absolute Gasteiger partial charge is 0.481 e. The minimum absolute atomic E-state index is 0. The van der Waals surface area contributed by atoms with Gasteiger partial charge >= 0.3 is 19.5 Å². The molecule has 3 rings (SSSR count). The number of nitrogens with zero attached hydrogens (tertiary/aromatic N) is 9. The summed E-state index contributed by atoms with van der Waals surface area (Å²) in [5.74, 6) is -0.0188. The van der Waals surface area contributed by atoms with Gasteiger partial charge in [0, 0.05) is 12.3 Å². The Morgan fingerprint density at radius 3 is 2.13 bits per heavy atom.